The van der Waals surface area contributed by atoms with Crippen molar-refractivity contribution in [1.29, 1.82) is 0 Å². The fourth-order valence-electron chi connectivity index (χ4n) is 1.76. The predicted molar refractivity (Wildman–Crippen MR) is 66.4 cm³/mol. The van der Waals surface area contributed by atoms with Gasteiger partial charge in [-0.15, -0.1) is 0 Å². The Bertz CT molecular complexity index is 431. The van der Waals surface area contributed by atoms with E-state index in [1.54, 1.807) is 12.1 Å². The zero-order chi connectivity index (χ0) is 11.4. The largest absolute Gasteiger partial charge is 0.508 e. The van der Waals surface area contributed by atoms with Gasteiger partial charge in [-0.05, 0) is 42.5 Å². The predicted octanol–water partition coefficient (Wildman–Crippen LogP) is 3.55. The van der Waals surface area contributed by atoms with Crippen molar-refractivity contribution >= 4 is 0 Å². The van der Waals surface area contributed by atoms with E-state index in [1.165, 1.54) is 11.1 Å². The normalized spacial score (nSPS) is 12.3. The van der Waals surface area contributed by atoms with Gasteiger partial charge in [0.25, 0.3) is 0 Å². The van der Waals surface area contributed by atoms with Gasteiger partial charge >= 0.3 is 0 Å². The van der Waals surface area contributed by atoms with Crippen LogP contribution in [0.5, 0.6) is 5.75 Å². The van der Waals surface area contributed by atoms with Crippen molar-refractivity contribution in [3.8, 4) is 5.75 Å². The maximum absolute atomic E-state index is 9.19. The van der Waals surface area contributed by atoms with Crippen LogP contribution in [0, 0.1) is 6.92 Å². The topological polar surface area (TPSA) is 20.2 Å². The van der Waals surface area contributed by atoms with Crippen LogP contribution < -0.4 is 0 Å². The second-order valence-corrected chi connectivity index (χ2v) is 3.98. The van der Waals surface area contributed by atoms with E-state index < -0.39 is 0 Å². The van der Waals surface area contributed by atoms with Crippen LogP contribution in [0.15, 0.2) is 54.6 Å². The minimum Gasteiger partial charge on any atom is -0.508 e. The van der Waals surface area contributed by atoms with Gasteiger partial charge in [0.2, 0.25) is 0 Å². The molecule has 0 aliphatic heterocycles. The van der Waals surface area contributed by atoms with E-state index in [2.05, 4.69) is 19.1 Å². The number of benzene rings is 2. The van der Waals surface area contributed by atoms with E-state index in [0.717, 1.165) is 6.42 Å². The van der Waals surface area contributed by atoms with Crippen LogP contribution in [0.2, 0.25) is 0 Å². The second-order valence-electron chi connectivity index (χ2n) is 3.98. The minimum absolute atomic E-state index is 0.255. The summed E-state index contributed by atoms with van der Waals surface area (Å²) in [6, 6.07) is 17.6. The molecule has 1 radical (unpaired) electrons. The summed E-state index contributed by atoms with van der Waals surface area (Å²) in [6.07, 6.45) is 0.893. The molecule has 0 heterocycles. The molecule has 0 spiro atoms. The van der Waals surface area contributed by atoms with Gasteiger partial charge in [0.05, 0.1) is 0 Å². The molecule has 1 heteroatoms. The molecule has 1 atom stereocenters. The van der Waals surface area contributed by atoms with Crippen LogP contribution in [0.1, 0.15) is 17.0 Å². The lowest BCUT2D eigenvalue weighted by Gasteiger charge is -2.11. The van der Waals surface area contributed by atoms with Crippen LogP contribution in [0.4, 0.5) is 0 Å². The first kappa shape index (κ1) is 10.7. The van der Waals surface area contributed by atoms with E-state index in [1.807, 2.05) is 30.3 Å². The Morgan fingerprint density at radius 1 is 0.938 bits per heavy atom. The highest BCUT2D eigenvalue weighted by Crippen LogP contribution is 2.20. The number of rotatable bonds is 3. The van der Waals surface area contributed by atoms with Gasteiger partial charge in [-0.3, -0.25) is 0 Å². The molecule has 0 amide bonds. The molecule has 0 bridgehead atoms. The molecule has 81 valence electrons. The Kier molecular flexibility index (Phi) is 3.25. The smallest absolute Gasteiger partial charge is 0.115 e. The highest BCUT2D eigenvalue weighted by Gasteiger charge is 2.05. The molecular formula is C15H15O. The molecule has 1 N–H and O–H groups in total. The molecule has 1 unspecified atom stereocenters. The first-order valence-electron chi connectivity index (χ1n) is 5.41. The first-order chi connectivity index (χ1) is 7.75. The SMILES string of the molecule is [CH2]C(Cc1ccc(O)cc1)c1ccccc1. The van der Waals surface area contributed by atoms with Crippen LogP contribution in [-0.4, -0.2) is 5.11 Å². The zero-order valence-electron chi connectivity index (χ0n) is 9.13. The Hall–Kier alpha value is -1.76. The number of phenolic OH excluding ortho intramolecular Hbond substituents is 1. The van der Waals surface area contributed by atoms with Crippen molar-refractivity contribution in [3.63, 3.8) is 0 Å². The quantitative estimate of drug-likeness (QED) is 0.823. The molecule has 2 rings (SSSR count). The highest BCUT2D eigenvalue weighted by molar-refractivity contribution is 5.29. The monoisotopic (exact) mass is 211 g/mol. The maximum Gasteiger partial charge on any atom is 0.115 e. The summed E-state index contributed by atoms with van der Waals surface area (Å²) in [5.41, 5.74) is 2.44. The Morgan fingerprint density at radius 3 is 2.19 bits per heavy atom. The van der Waals surface area contributed by atoms with Crippen LogP contribution in [-0.2, 0) is 6.42 Å². The third kappa shape index (κ3) is 2.63. The van der Waals surface area contributed by atoms with Crippen LogP contribution in [0.25, 0.3) is 0 Å². The van der Waals surface area contributed by atoms with Crippen molar-refractivity contribution in [2.24, 2.45) is 0 Å². The van der Waals surface area contributed by atoms with Gasteiger partial charge in [-0.25, -0.2) is 0 Å². The molecule has 0 fully saturated rings. The number of hydrogen-bond acceptors (Lipinski definition) is 1. The summed E-state index contributed by atoms with van der Waals surface area (Å²) in [6.45, 7) is 4.16. The van der Waals surface area contributed by atoms with E-state index in [-0.39, 0.29) is 5.92 Å². The molecule has 2 aromatic rings. The molecule has 0 aliphatic rings. The summed E-state index contributed by atoms with van der Waals surface area (Å²) in [5.74, 6) is 0.565. The third-order valence-electron chi connectivity index (χ3n) is 2.69. The van der Waals surface area contributed by atoms with Gasteiger partial charge in [0, 0.05) is 0 Å². The Labute approximate surface area is 96.4 Å². The Morgan fingerprint density at radius 2 is 1.56 bits per heavy atom. The van der Waals surface area contributed by atoms with Gasteiger partial charge < -0.3 is 5.11 Å². The first-order valence-corrected chi connectivity index (χ1v) is 5.41. The van der Waals surface area contributed by atoms with Gasteiger partial charge in [-0.2, -0.15) is 0 Å². The molecule has 0 aromatic heterocycles. The summed E-state index contributed by atoms with van der Waals surface area (Å²) in [4.78, 5) is 0. The number of hydrogen-bond donors (Lipinski definition) is 1. The lowest BCUT2D eigenvalue weighted by molar-refractivity contribution is 0.475. The minimum atomic E-state index is 0.255. The van der Waals surface area contributed by atoms with E-state index in [4.69, 9.17) is 0 Å². The summed E-state index contributed by atoms with van der Waals surface area (Å²) in [7, 11) is 0. The standard InChI is InChI=1S/C15H15O/c1-12(14-5-3-2-4-6-14)11-13-7-9-15(16)10-8-13/h2-10,12,16H,1,11H2. The average Bonchev–Trinajstić information content (AvgIpc) is 2.33. The van der Waals surface area contributed by atoms with Crippen molar-refractivity contribution in [2.75, 3.05) is 0 Å². The molecule has 1 nitrogen and oxygen atoms in total. The van der Waals surface area contributed by atoms with Crippen molar-refractivity contribution in [3.05, 3.63) is 72.6 Å². The summed E-state index contributed by atoms with van der Waals surface area (Å²) >= 11 is 0. The highest BCUT2D eigenvalue weighted by atomic mass is 16.3. The summed E-state index contributed by atoms with van der Waals surface area (Å²) < 4.78 is 0. The average molecular weight is 211 g/mol. The van der Waals surface area contributed by atoms with Crippen LogP contribution in [0.3, 0.4) is 0 Å². The van der Waals surface area contributed by atoms with Gasteiger partial charge in [0.1, 0.15) is 5.75 Å². The van der Waals surface area contributed by atoms with E-state index in [9.17, 15) is 5.11 Å². The van der Waals surface area contributed by atoms with Crippen molar-refractivity contribution < 1.29 is 5.11 Å². The molecular weight excluding hydrogens is 196 g/mol. The molecule has 0 aliphatic carbocycles. The van der Waals surface area contributed by atoms with Gasteiger partial charge in [-0.1, -0.05) is 42.5 Å². The lowest BCUT2D eigenvalue weighted by atomic mass is 9.94. The van der Waals surface area contributed by atoms with Gasteiger partial charge in [0.15, 0.2) is 0 Å². The lowest BCUT2D eigenvalue weighted by Crippen LogP contribution is -1.98. The molecule has 2 aromatic carbocycles. The maximum atomic E-state index is 9.19. The second kappa shape index (κ2) is 4.84. The molecule has 0 saturated heterocycles. The van der Waals surface area contributed by atoms with Crippen molar-refractivity contribution in [1.82, 2.24) is 0 Å². The fourth-order valence-corrected chi connectivity index (χ4v) is 1.76. The number of phenols is 1. The van der Waals surface area contributed by atoms with Crippen LogP contribution >= 0.6 is 0 Å². The van der Waals surface area contributed by atoms with E-state index >= 15 is 0 Å². The fraction of sp³-hybridized carbons (Fsp3) is 0.133. The zero-order valence-corrected chi connectivity index (χ0v) is 9.13. The van der Waals surface area contributed by atoms with Crippen molar-refractivity contribution in [2.45, 2.75) is 12.3 Å². The van der Waals surface area contributed by atoms with E-state index in [0.29, 0.717) is 5.75 Å². The Balaban J connectivity index is 2.08. The molecule has 0 saturated carbocycles. The number of aromatic hydroxyl groups is 1. The summed E-state index contributed by atoms with van der Waals surface area (Å²) in [5, 5.41) is 9.19. The molecule has 16 heavy (non-hydrogen) atoms. The third-order valence-corrected chi connectivity index (χ3v) is 2.69.